The number of alkyl halides is 3. The zero-order chi connectivity index (χ0) is 26.4. The fraction of sp³-hybridized carbons (Fsp3) is 0.481. The van der Waals surface area contributed by atoms with Crippen molar-refractivity contribution in [2.24, 2.45) is 11.3 Å². The van der Waals surface area contributed by atoms with Gasteiger partial charge in [-0.25, -0.2) is 9.78 Å². The van der Waals surface area contributed by atoms with Gasteiger partial charge in [0.1, 0.15) is 11.3 Å². The Morgan fingerprint density at radius 3 is 2.42 bits per heavy atom. The quantitative estimate of drug-likeness (QED) is 0.361. The molecule has 0 bridgehead atoms. The summed E-state index contributed by atoms with van der Waals surface area (Å²) in [6.45, 7) is 10.3. The van der Waals surface area contributed by atoms with Crippen molar-refractivity contribution in [1.29, 1.82) is 0 Å². The third-order valence-electron chi connectivity index (χ3n) is 6.58. The average Bonchev–Trinajstić information content (AvgIpc) is 3.07. The van der Waals surface area contributed by atoms with Crippen molar-refractivity contribution in [1.82, 2.24) is 9.55 Å². The normalized spacial score (nSPS) is 20.0. The second-order valence-electron chi connectivity index (χ2n) is 10.9. The number of aromatic nitrogens is 2. The number of benzene rings is 2. The summed E-state index contributed by atoms with van der Waals surface area (Å²) >= 11 is 0. The van der Waals surface area contributed by atoms with Crippen LogP contribution in [0.5, 0.6) is 5.75 Å². The summed E-state index contributed by atoms with van der Waals surface area (Å²) in [5, 5.41) is 13.0. The summed E-state index contributed by atoms with van der Waals surface area (Å²) in [5.41, 5.74) is 1.03. The van der Waals surface area contributed by atoms with Crippen molar-refractivity contribution < 1.29 is 27.8 Å². The molecule has 6 nitrogen and oxygen atoms in total. The Kier molecular flexibility index (Phi) is 6.70. The lowest BCUT2D eigenvalue weighted by atomic mass is 9.70. The molecule has 0 amide bonds. The predicted molar refractivity (Wildman–Crippen MR) is 133 cm³/mol. The number of fused-ring (bicyclic) bond motifs is 1. The summed E-state index contributed by atoms with van der Waals surface area (Å²) in [6, 6.07) is 8.08. The minimum atomic E-state index is -4.42. The lowest BCUT2D eigenvalue weighted by Gasteiger charge is -2.40. The van der Waals surface area contributed by atoms with Crippen LogP contribution in [0.3, 0.4) is 0 Å². The highest BCUT2D eigenvalue weighted by molar-refractivity contribution is 5.96. The van der Waals surface area contributed by atoms with Crippen LogP contribution < -0.4 is 10.1 Å². The van der Waals surface area contributed by atoms with Gasteiger partial charge in [0, 0.05) is 17.8 Å². The summed E-state index contributed by atoms with van der Waals surface area (Å²) in [6.07, 6.45) is -1.78. The Morgan fingerprint density at radius 1 is 1.19 bits per heavy atom. The highest BCUT2D eigenvalue weighted by atomic mass is 19.4. The molecule has 2 atom stereocenters. The number of nitrogens with one attached hydrogen (secondary N) is 1. The second kappa shape index (κ2) is 9.33. The van der Waals surface area contributed by atoms with Crippen molar-refractivity contribution in [3.63, 3.8) is 0 Å². The highest BCUT2D eigenvalue weighted by Crippen LogP contribution is 2.46. The topological polar surface area (TPSA) is 76.4 Å². The van der Waals surface area contributed by atoms with Crippen LogP contribution in [0.25, 0.3) is 11.0 Å². The number of nitrogens with zero attached hydrogens (tertiary/aromatic N) is 2. The van der Waals surface area contributed by atoms with Gasteiger partial charge in [0.2, 0.25) is 5.95 Å². The van der Waals surface area contributed by atoms with Crippen LogP contribution in [0.1, 0.15) is 75.8 Å². The first-order chi connectivity index (χ1) is 16.7. The van der Waals surface area contributed by atoms with Crippen LogP contribution in [0, 0.1) is 11.3 Å². The molecular formula is C27H32F3N3O3. The molecule has 9 heteroatoms. The molecule has 0 unspecified atom stereocenters. The largest absolute Gasteiger partial charge is 0.490 e. The maximum Gasteiger partial charge on any atom is 0.416 e. The van der Waals surface area contributed by atoms with Gasteiger partial charge in [-0.3, -0.25) is 0 Å². The molecule has 1 fully saturated rings. The molecule has 0 aliphatic heterocycles. The third-order valence-corrected chi connectivity index (χ3v) is 6.58. The Hall–Kier alpha value is -3.23. The Labute approximate surface area is 208 Å². The van der Waals surface area contributed by atoms with Gasteiger partial charge in [-0.15, -0.1) is 0 Å². The first kappa shape index (κ1) is 25.9. The van der Waals surface area contributed by atoms with Gasteiger partial charge in [0.15, 0.2) is 0 Å². The van der Waals surface area contributed by atoms with E-state index in [2.05, 4.69) is 30.7 Å². The molecule has 0 radical (unpaired) electrons. The summed E-state index contributed by atoms with van der Waals surface area (Å²) in [4.78, 5) is 16.7. The van der Waals surface area contributed by atoms with Gasteiger partial charge >= 0.3 is 12.1 Å². The fourth-order valence-corrected chi connectivity index (χ4v) is 5.46. The van der Waals surface area contributed by atoms with Gasteiger partial charge in [0.25, 0.3) is 0 Å². The lowest BCUT2D eigenvalue weighted by Crippen LogP contribution is -2.29. The zero-order valence-corrected chi connectivity index (χ0v) is 21.1. The van der Waals surface area contributed by atoms with Crippen LogP contribution >= 0.6 is 0 Å². The van der Waals surface area contributed by atoms with Gasteiger partial charge in [0.05, 0.1) is 22.7 Å². The summed E-state index contributed by atoms with van der Waals surface area (Å²) in [5.74, 6) is 0.0552. The van der Waals surface area contributed by atoms with Crippen LogP contribution in [0.2, 0.25) is 0 Å². The number of halogens is 3. The van der Waals surface area contributed by atoms with Gasteiger partial charge in [-0.1, -0.05) is 20.8 Å². The van der Waals surface area contributed by atoms with E-state index in [1.807, 2.05) is 13.8 Å². The van der Waals surface area contributed by atoms with Crippen LogP contribution in [-0.2, 0) is 6.18 Å². The van der Waals surface area contributed by atoms with Crippen molar-refractivity contribution >= 4 is 28.6 Å². The highest BCUT2D eigenvalue weighted by Gasteiger charge is 2.35. The smallest absolute Gasteiger partial charge is 0.416 e. The van der Waals surface area contributed by atoms with Crippen molar-refractivity contribution in [2.45, 2.75) is 72.2 Å². The number of ether oxygens (including phenoxy) is 1. The molecule has 1 aliphatic carbocycles. The van der Waals surface area contributed by atoms with Crippen molar-refractivity contribution in [3.8, 4) is 5.75 Å². The van der Waals surface area contributed by atoms with Crippen LogP contribution in [-0.4, -0.2) is 26.7 Å². The Balaban J connectivity index is 1.86. The average molecular weight is 504 g/mol. The van der Waals surface area contributed by atoms with Gasteiger partial charge < -0.3 is 19.7 Å². The third kappa shape index (κ3) is 5.44. The summed E-state index contributed by atoms with van der Waals surface area (Å²) < 4.78 is 47.0. The molecule has 2 aromatic carbocycles. The molecule has 2 N–H and O–H groups in total. The van der Waals surface area contributed by atoms with E-state index in [1.54, 1.807) is 6.07 Å². The molecule has 4 rings (SSSR count). The maximum absolute atomic E-state index is 13.0. The van der Waals surface area contributed by atoms with E-state index in [4.69, 9.17) is 9.72 Å². The van der Waals surface area contributed by atoms with E-state index in [-0.39, 0.29) is 28.9 Å². The first-order valence-corrected chi connectivity index (χ1v) is 12.1. The number of anilines is 2. The second-order valence-corrected chi connectivity index (χ2v) is 10.9. The predicted octanol–water partition coefficient (Wildman–Crippen LogP) is 7.67. The molecule has 0 saturated heterocycles. The summed E-state index contributed by atoms with van der Waals surface area (Å²) in [7, 11) is 0. The lowest BCUT2D eigenvalue weighted by molar-refractivity contribution is -0.137. The maximum atomic E-state index is 13.0. The Bertz CT molecular complexity index is 1260. The van der Waals surface area contributed by atoms with E-state index in [0.29, 0.717) is 23.1 Å². The number of carboxylic acids is 1. The number of carbonyl (C=O) groups is 1. The molecule has 36 heavy (non-hydrogen) atoms. The minimum Gasteiger partial charge on any atom is -0.490 e. The number of rotatable bonds is 6. The number of hydrogen-bond donors (Lipinski definition) is 2. The zero-order valence-electron chi connectivity index (χ0n) is 21.1. The standard InChI is InChI=1S/C27H32F3N3O3/c1-15(2)36-23-12-22-21(11-20(23)24(34)35)32-25(31-18-8-6-17(7-9-18)27(28,29)30)33(22)19-10-16(3)13-26(4,5)14-19/h6-9,11-12,15-16,19H,10,13-14H2,1-5H3,(H,31,32)(H,34,35)/t16-,19+/m0/s1. The van der Waals surface area contributed by atoms with Crippen molar-refractivity contribution in [3.05, 3.63) is 47.5 Å². The van der Waals surface area contributed by atoms with E-state index in [1.165, 1.54) is 18.2 Å². The fourth-order valence-electron chi connectivity index (χ4n) is 5.46. The molecule has 1 heterocycles. The van der Waals surface area contributed by atoms with Crippen molar-refractivity contribution in [2.75, 3.05) is 5.32 Å². The van der Waals surface area contributed by atoms with E-state index < -0.39 is 17.7 Å². The number of aromatic carboxylic acids is 1. The van der Waals surface area contributed by atoms with E-state index in [9.17, 15) is 23.1 Å². The number of hydrogen-bond acceptors (Lipinski definition) is 4. The molecule has 194 valence electrons. The molecule has 0 spiro atoms. The molecule has 1 aliphatic rings. The Morgan fingerprint density at radius 2 is 1.86 bits per heavy atom. The molecule has 1 saturated carbocycles. The first-order valence-electron chi connectivity index (χ1n) is 12.1. The molecular weight excluding hydrogens is 471 g/mol. The van der Waals surface area contributed by atoms with Crippen LogP contribution in [0.4, 0.5) is 24.8 Å². The molecule has 1 aromatic heterocycles. The van der Waals surface area contributed by atoms with Crippen LogP contribution in [0.15, 0.2) is 36.4 Å². The van der Waals surface area contributed by atoms with E-state index >= 15 is 0 Å². The molecule has 3 aromatic rings. The minimum absolute atomic E-state index is 0.0132. The van der Waals surface area contributed by atoms with Gasteiger partial charge in [-0.2, -0.15) is 13.2 Å². The SMILES string of the molecule is CC(C)Oc1cc2c(cc1C(=O)O)nc(Nc1ccc(C(F)(F)F)cc1)n2[C@@H]1C[C@H](C)CC(C)(C)C1. The number of imidazole rings is 1. The number of carboxylic acid groups (broad SMARTS) is 1. The van der Waals surface area contributed by atoms with Gasteiger partial charge in [-0.05, 0) is 74.8 Å². The monoisotopic (exact) mass is 503 g/mol. The van der Waals surface area contributed by atoms with E-state index in [0.717, 1.165) is 36.9 Å².